The molecule has 148 valence electrons. The molecule has 0 spiro atoms. The van der Waals surface area contributed by atoms with Gasteiger partial charge >= 0.3 is 12.1 Å². The fourth-order valence-electron chi connectivity index (χ4n) is 3.54. The minimum Gasteiger partial charge on any atom is -0.496 e. The maximum Gasteiger partial charge on any atom is 0.471 e. The zero-order valence-corrected chi connectivity index (χ0v) is 15.5. The van der Waals surface area contributed by atoms with E-state index in [1.54, 1.807) is 49.4 Å². The highest BCUT2D eigenvalue weighted by Crippen LogP contribution is 2.34. The molecule has 0 N–H and O–H groups in total. The Morgan fingerprint density at radius 2 is 1.82 bits per heavy atom. The monoisotopic (exact) mass is 391 g/mol. The first kappa shape index (κ1) is 19.9. The van der Waals surface area contributed by atoms with Crippen LogP contribution in [-0.4, -0.2) is 43.0 Å². The third kappa shape index (κ3) is 3.88. The van der Waals surface area contributed by atoms with E-state index in [-0.39, 0.29) is 31.2 Å². The van der Waals surface area contributed by atoms with Crippen molar-refractivity contribution in [1.29, 1.82) is 0 Å². The van der Waals surface area contributed by atoms with E-state index < -0.39 is 12.1 Å². The van der Waals surface area contributed by atoms with Gasteiger partial charge in [0.2, 0.25) is 0 Å². The molecule has 0 fully saturated rings. The van der Waals surface area contributed by atoms with Gasteiger partial charge in [-0.05, 0) is 35.6 Å². The zero-order chi connectivity index (χ0) is 20.5. The van der Waals surface area contributed by atoms with Crippen molar-refractivity contribution in [1.82, 2.24) is 4.90 Å². The van der Waals surface area contributed by atoms with Gasteiger partial charge in [-0.15, -0.1) is 0 Å². The SMILES string of the molecule is COc1cc2c(cc1C(=O)c1ccccc1)C(C)CN(C(=O)C(F)(F)F)CC2. The normalized spacial score (nSPS) is 16.9. The predicted octanol–water partition coefficient (Wildman–Crippen LogP) is 3.98. The summed E-state index contributed by atoms with van der Waals surface area (Å²) < 4.78 is 43.9. The maximum atomic E-state index is 12.9. The summed E-state index contributed by atoms with van der Waals surface area (Å²) in [5.41, 5.74) is 2.40. The van der Waals surface area contributed by atoms with Crippen LogP contribution >= 0.6 is 0 Å². The number of halogens is 3. The van der Waals surface area contributed by atoms with Crippen LogP contribution in [0.1, 0.15) is 39.9 Å². The molecule has 0 aromatic heterocycles. The quantitative estimate of drug-likeness (QED) is 0.744. The van der Waals surface area contributed by atoms with Crippen LogP contribution in [0, 0.1) is 0 Å². The molecule has 1 heterocycles. The van der Waals surface area contributed by atoms with Crippen LogP contribution in [0.2, 0.25) is 0 Å². The van der Waals surface area contributed by atoms with Gasteiger partial charge in [0, 0.05) is 18.7 Å². The Morgan fingerprint density at radius 3 is 2.43 bits per heavy atom. The Balaban J connectivity index is 1.98. The van der Waals surface area contributed by atoms with Crippen molar-refractivity contribution in [3.8, 4) is 5.75 Å². The summed E-state index contributed by atoms with van der Waals surface area (Å²) in [6, 6.07) is 12.1. The fraction of sp³-hybridized carbons (Fsp3) is 0.333. The summed E-state index contributed by atoms with van der Waals surface area (Å²) in [5, 5.41) is 0. The van der Waals surface area contributed by atoms with Gasteiger partial charge in [0.15, 0.2) is 5.78 Å². The molecule has 1 amide bonds. The minimum absolute atomic E-state index is 0.0369. The molecule has 1 unspecified atom stereocenters. The Labute approximate surface area is 160 Å². The van der Waals surface area contributed by atoms with Crippen molar-refractivity contribution in [2.75, 3.05) is 20.2 Å². The number of methoxy groups -OCH3 is 1. The standard InChI is InChI=1S/C21H20F3NO3/c1-13-12-25(20(27)21(22,23)24)9-8-15-10-18(28-2)17(11-16(13)15)19(26)14-6-4-3-5-7-14/h3-7,10-11,13H,8-9,12H2,1-2H3. The van der Waals surface area contributed by atoms with E-state index in [9.17, 15) is 22.8 Å². The second kappa shape index (κ2) is 7.66. The van der Waals surface area contributed by atoms with Crippen LogP contribution in [0.3, 0.4) is 0 Å². The summed E-state index contributed by atoms with van der Waals surface area (Å²) in [5.74, 6) is -2.04. The predicted molar refractivity (Wildman–Crippen MR) is 97.6 cm³/mol. The highest BCUT2D eigenvalue weighted by atomic mass is 19.4. The molecule has 0 bridgehead atoms. The van der Waals surface area contributed by atoms with Crippen LogP contribution in [0.4, 0.5) is 13.2 Å². The van der Waals surface area contributed by atoms with Gasteiger partial charge in [0.05, 0.1) is 12.7 Å². The molecule has 0 saturated heterocycles. The zero-order valence-electron chi connectivity index (χ0n) is 15.5. The summed E-state index contributed by atoms with van der Waals surface area (Å²) in [6.45, 7) is 1.66. The first-order valence-electron chi connectivity index (χ1n) is 8.89. The molecular formula is C21H20F3NO3. The number of amides is 1. The molecule has 1 aliphatic rings. The molecule has 2 aromatic carbocycles. The van der Waals surface area contributed by atoms with Crippen molar-refractivity contribution in [2.24, 2.45) is 0 Å². The molecule has 0 radical (unpaired) electrons. The largest absolute Gasteiger partial charge is 0.496 e. The van der Waals surface area contributed by atoms with Gasteiger partial charge < -0.3 is 9.64 Å². The lowest BCUT2D eigenvalue weighted by atomic mass is 9.90. The highest BCUT2D eigenvalue weighted by Gasteiger charge is 2.43. The molecule has 2 aromatic rings. The smallest absolute Gasteiger partial charge is 0.471 e. The molecule has 1 atom stereocenters. The molecule has 28 heavy (non-hydrogen) atoms. The highest BCUT2D eigenvalue weighted by molar-refractivity contribution is 6.10. The molecule has 1 aliphatic heterocycles. The Morgan fingerprint density at radius 1 is 1.14 bits per heavy atom. The first-order valence-corrected chi connectivity index (χ1v) is 8.89. The number of alkyl halides is 3. The number of ether oxygens (including phenoxy) is 1. The Hall–Kier alpha value is -2.83. The van der Waals surface area contributed by atoms with E-state index in [0.717, 1.165) is 16.0 Å². The number of hydrogen-bond donors (Lipinski definition) is 0. The van der Waals surface area contributed by atoms with E-state index in [0.29, 0.717) is 16.9 Å². The van der Waals surface area contributed by atoms with Gasteiger partial charge in [-0.2, -0.15) is 13.2 Å². The third-order valence-corrected chi connectivity index (χ3v) is 4.95. The summed E-state index contributed by atoms with van der Waals surface area (Å²) in [7, 11) is 1.45. The van der Waals surface area contributed by atoms with Crippen LogP contribution in [-0.2, 0) is 11.2 Å². The van der Waals surface area contributed by atoms with Crippen molar-refractivity contribution in [3.05, 3.63) is 64.7 Å². The summed E-state index contributed by atoms with van der Waals surface area (Å²) in [4.78, 5) is 25.4. The average molecular weight is 391 g/mol. The summed E-state index contributed by atoms with van der Waals surface area (Å²) in [6.07, 6.45) is -4.64. The maximum absolute atomic E-state index is 12.9. The van der Waals surface area contributed by atoms with Gasteiger partial charge in [0.25, 0.3) is 0 Å². The van der Waals surface area contributed by atoms with Gasteiger partial charge in [-0.1, -0.05) is 37.3 Å². The lowest BCUT2D eigenvalue weighted by molar-refractivity contribution is -0.185. The van der Waals surface area contributed by atoms with Crippen LogP contribution in [0.25, 0.3) is 0 Å². The van der Waals surface area contributed by atoms with Crippen LogP contribution in [0.15, 0.2) is 42.5 Å². The summed E-state index contributed by atoms with van der Waals surface area (Å²) >= 11 is 0. The number of carbonyl (C=O) groups is 2. The molecule has 7 heteroatoms. The topological polar surface area (TPSA) is 46.6 Å². The minimum atomic E-state index is -4.90. The van der Waals surface area contributed by atoms with E-state index in [4.69, 9.17) is 4.74 Å². The molecular weight excluding hydrogens is 371 g/mol. The van der Waals surface area contributed by atoms with Crippen LogP contribution in [0.5, 0.6) is 5.75 Å². The Kier molecular flexibility index (Phi) is 5.45. The number of carbonyl (C=O) groups excluding carboxylic acids is 2. The lowest BCUT2D eigenvalue weighted by Gasteiger charge is -2.24. The van der Waals surface area contributed by atoms with Gasteiger partial charge in [0.1, 0.15) is 5.75 Å². The molecule has 0 saturated carbocycles. The number of nitrogens with zero attached hydrogens (tertiary/aromatic N) is 1. The third-order valence-electron chi connectivity index (χ3n) is 4.95. The van der Waals surface area contributed by atoms with Crippen LogP contribution < -0.4 is 4.74 Å². The number of rotatable bonds is 3. The number of ketones is 1. The van der Waals surface area contributed by atoms with Crippen molar-refractivity contribution >= 4 is 11.7 Å². The van der Waals surface area contributed by atoms with E-state index in [1.165, 1.54) is 7.11 Å². The van der Waals surface area contributed by atoms with Crippen molar-refractivity contribution in [2.45, 2.75) is 25.4 Å². The van der Waals surface area contributed by atoms with Gasteiger partial charge in [-0.3, -0.25) is 9.59 Å². The van der Waals surface area contributed by atoms with Crippen molar-refractivity contribution in [3.63, 3.8) is 0 Å². The second-order valence-corrected chi connectivity index (χ2v) is 6.85. The molecule has 3 rings (SSSR count). The number of benzene rings is 2. The van der Waals surface area contributed by atoms with E-state index in [1.807, 2.05) is 0 Å². The first-order chi connectivity index (χ1) is 13.2. The number of fused-ring (bicyclic) bond motifs is 1. The average Bonchev–Trinajstić information content (AvgIpc) is 2.84. The molecule has 4 nitrogen and oxygen atoms in total. The Bertz CT molecular complexity index is 894. The lowest BCUT2D eigenvalue weighted by Crippen LogP contribution is -2.42. The second-order valence-electron chi connectivity index (χ2n) is 6.85. The van der Waals surface area contributed by atoms with Crippen molar-refractivity contribution < 1.29 is 27.5 Å². The number of hydrogen-bond acceptors (Lipinski definition) is 3. The van der Waals surface area contributed by atoms with E-state index in [2.05, 4.69) is 0 Å². The fourth-order valence-corrected chi connectivity index (χ4v) is 3.54. The molecule has 0 aliphatic carbocycles. The van der Waals surface area contributed by atoms with Gasteiger partial charge in [-0.25, -0.2) is 0 Å². The van der Waals surface area contributed by atoms with E-state index >= 15 is 0 Å².